The molecule has 0 saturated heterocycles. The molecule has 1 N–H and O–H groups in total. The Morgan fingerprint density at radius 3 is 2.79 bits per heavy atom. The Kier molecular flexibility index (Phi) is 4.26. The summed E-state index contributed by atoms with van der Waals surface area (Å²) in [5, 5.41) is 9.04. The van der Waals surface area contributed by atoms with E-state index in [-0.39, 0.29) is 17.5 Å². The molecule has 2 rings (SSSR count). The van der Waals surface area contributed by atoms with Crippen LogP contribution in [0.1, 0.15) is 17.4 Å². The van der Waals surface area contributed by atoms with Gasteiger partial charge in [0.15, 0.2) is 0 Å². The van der Waals surface area contributed by atoms with Gasteiger partial charge in [0.05, 0.1) is 12.2 Å². The zero-order chi connectivity index (χ0) is 14.0. The number of oxazole rings is 1. The average Bonchev–Trinajstić information content (AvgIpc) is 2.73. The van der Waals surface area contributed by atoms with E-state index in [2.05, 4.69) is 36.8 Å². The van der Waals surface area contributed by atoms with E-state index >= 15 is 0 Å². The number of carboxylic acids is 1. The summed E-state index contributed by atoms with van der Waals surface area (Å²) >= 11 is 6.71. The molecule has 0 aliphatic heterocycles. The van der Waals surface area contributed by atoms with Crippen molar-refractivity contribution >= 4 is 37.8 Å². The van der Waals surface area contributed by atoms with Crippen molar-refractivity contribution in [2.75, 3.05) is 6.61 Å². The predicted molar refractivity (Wildman–Crippen MR) is 75.5 cm³/mol. The van der Waals surface area contributed by atoms with Crippen LogP contribution in [0.2, 0.25) is 0 Å². The highest BCUT2D eigenvalue weighted by molar-refractivity contribution is 9.11. The van der Waals surface area contributed by atoms with E-state index in [0.29, 0.717) is 12.2 Å². The first kappa shape index (κ1) is 14.1. The zero-order valence-corrected chi connectivity index (χ0v) is 13.0. The van der Waals surface area contributed by atoms with E-state index in [1.54, 1.807) is 13.0 Å². The molecule has 0 saturated carbocycles. The second kappa shape index (κ2) is 5.75. The van der Waals surface area contributed by atoms with Gasteiger partial charge in [0.25, 0.3) is 0 Å². The van der Waals surface area contributed by atoms with Crippen molar-refractivity contribution in [3.63, 3.8) is 0 Å². The van der Waals surface area contributed by atoms with Crippen molar-refractivity contribution < 1.29 is 19.1 Å². The molecule has 7 heteroatoms. The molecule has 0 atom stereocenters. The third-order valence-electron chi connectivity index (χ3n) is 2.24. The van der Waals surface area contributed by atoms with Gasteiger partial charge in [-0.15, -0.1) is 0 Å². The maximum absolute atomic E-state index is 11.1. The van der Waals surface area contributed by atoms with Crippen LogP contribution in [0.5, 0.6) is 5.95 Å². The number of carboxylic acid groups (broad SMARTS) is 1. The van der Waals surface area contributed by atoms with Gasteiger partial charge in [-0.05, 0) is 41.1 Å². The smallest absolute Gasteiger partial charge is 0.362 e. The second-order valence-corrected chi connectivity index (χ2v) is 5.29. The Morgan fingerprint density at radius 1 is 1.47 bits per heavy atom. The number of halogens is 2. The summed E-state index contributed by atoms with van der Waals surface area (Å²) in [6.45, 7) is 2.04. The molecule has 0 spiro atoms. The van der Waals surface area contributed by atoms with Gasteiger partial charge in [-0.3, -0.25) is 0 Å². The summed E-state index contributed by atoms with van der Waals surface area (Å²) in [7, 11) is 0. The van der Waals surface area contributed by atoms with Crippen LogP contribution in [0.15, 0.2) is 31.6 Å². The Labute approximate surface area is 125 Å². The number of rotatable bonds is 4. The number of hydrogen-bond acceptors (Lipinski definition) is 4. The SMILES string of the molecule is CCOc1oc(-c2ccc(Br)cc2Br)nc1C(=O)O. The van der Waals surface area contributed by atoms with Crippen molar-refractivity contribution in [2.45, 2.75) is 6.92 Å². The van der Waals surface area contributed by atoms with Gasteiger partial charge in [0.1, 0.15) is 0 Å². The summed E-state index contributed by atoms with van der Waals surface area (Å²) in [5.74, 6) is -1.08. The molecule has 5 nitrogen and oxygen atoms in total. The van der Waals surface area contributed by atoms with Gasteiger partial charge in [-0.25, -0.2) is 4.79 Å². The van der Waals surface area contributed by atoms with Crippen LogP contribution in [-0.2, 0) is 0 Å². The molecule has 0 radical (unpaired) electrons. The van der Waals surface area contributed by atoms with Crippen LogP contribution >= 0.6 is 31.9 Å². The minimum atomic E-state index is -1.19. The first-order valence-corrected chi connectivity index (χ1v) is 6.94. The topological polar surface area (TPSA) is 72.6 Å². The van der Waals surface area contributed by atoms with Crippen molar-refractivity contribution in [3.8, 4) is 17.4 Å². The molecule has 0 aliphatic rings. The summed E-state index contributed by atoms with van der Waals surface area (Å²) in [4.78, 5) is 15.0. The first-order valence-electron chi connectivity index (χ1n) is 5.35. The normalized spacial score (nSPS) is 10.5. The van der Waals surface area contributed by atoms with Crippen molar-refractivity contribution in [1.29, 1.82) is 0 Å². The highest BCUT2D eigenvalue weighted by Gasteiger charge is 2.22. The summed E-state index contributed by atoms with van der Waals surface area (Å²) in [6.07, 6.45) is 0. The minimum Gasteiger partial charge on any atom is -0.476 e. The summed E-state index contributed by atoms with van der Waals surface area (Å²) in [6, 6.07) is 5.40. The lowest BCUT2D eigenvalue weighted by Gasteiger charge is -2.00. The maximum atomic E-state index is 11.1. The largest absolute Gasteiger partial charge is 0.476 e. The molecule has 100 valence electrons. The van der Waals surface area contributed by atoms with E-state index in [1.807, 2.05) is 12.1 Å². The van der Waals surface area contributed by atoms with Gasteiger partial charge >= 0.3 is 11.9 Å². The van der Waals surface area contributed by atoms with Crippen molar-refractivity contribution in [3.05, 3.63) is 32.8 Å². The number of nitrogens with zero attached hydrogens (tertiary/aromatic N) is 1. The molecule has 1 aromatic heterocycles. The van der Waals surface area contributed by atoms with Crippen LogP contribution < -0.4 is 4.74 Å². The number of benzene rings is 1. The van der Waals surface area contributed by atoms with E-state index in [9.17, 15) is 4.79 Å². The fraction of sp³-hybridized carbons (Fsp3) is 0.167. The number of carbonyl (C=O) groups is 1. The number of ether oxygens (including phenoxy) is 1. The highest BCUT2D eigenvalue weighted by atomic mass is 79.9. The molecule has 1 heterocycles. The number of aromatic carboxylic acids is 1. The fourth-order valence-electron chi connectivity index (χ4n) is 1.45. The van der Waals surface area contributed by atoms with Crippen LogP contribution in [0.3, 0.4) is 0 Å². The Bertz CT molecular complexity index is 624. The quantitative estimate of drug-likeness (QED) is 0.855. The van der Waals surface area contributed by atoms with Gasteiger partial charge in [0, 0.05) is 8.95 Å². The summed E-state index contributed by atoms with van der Waals surface area (Å²) in [5.41, 5.74) is 0.420. The molecule has 0 amide bonds. The van der Waals surface area contributed by atoms with Crippen molar-refractivity contribution in [1.82, 2.24) is 4.98 Å². The molecule has 0 fully saturated rings. The Balaban J connectivity index is 2.50. The Hall–Kier alpha value is -1.34. The zero-order valence-electron chi connectivity index (χ0n) is 9.81. The predicted octanol–water partition coefficient (Wildman–Crippen LogP) is 3.96. The molecule has 0 aliphatic carbocycles. The lowest BCUT2D eigenvalue weighted by Crippen LogP contribution is -2.01. The van der Waals surface area contributed by atoms with Gasteiger partial charge in [-0.1, -0.05) is 15.9 Å². The lowest BCUT2D eigenvalue weighted by atomic mass is 10.2. The fourth-order valence-corrected chi connectivity index (χ4v) is 2.66. The van der Waals surface area contributed by atoms with E-state index < -0.39 is 5.97 Å². The maximum Gasteiger partial charge on any atom is 0.362 e. The molecular weight excluding hydrogens is 382 g/mol. The molecule has 2 aromatic rings. The molecular formula is C12H9Br2NO4. The van der Waals surface area contributed by atoms with Crippen LogP contribution in [0.4, 0.5) is 0 Å². The van der Waals surface area contributed by atoms with Crippen LogP contribution in [0, 0.1) is 0 Å². The van der Waals surface area contributed by atoms with Gasteiger partial charge < -0.3 is 14.3 Å². The molecule has 0 bridgehead atoms. The average molecular weight is 391 g/mol. The standard InChI is InChI=1S/C12H9Br2NO4/c1-2-18-12-9(11(16)17)15-10(19-12)7-4-3-6(13)5-8(7)14/h3-5H,2H2,1H3,(H,16,17). The lowest BCUT2D eigenvalue weighted by molar-refractivity contribution is 0.0683. The number of hydrogen-bond donors (Lipinski definition) is 1. The summed E-state index contributed by atoms with van der Waals surface area (Å²) < 4.78 is 12.1. The minimum absolute atomic E-state index is 0.0835. The molecule has 0 unspecified atom stereocenters. The molecule has 1 aromatic carbocycles. The van der Waals surface area contributed by atoms with E-state index in [1.165, 1.54) is 0 Å². The number of aromatic nitrogens is 1. The van der Waals surface area contributed by atoms with E-state index in [4.69, 9.17) is 14.3 Å². The second-order valence-electron chi connectivity index (χ2n) is 3.52. The van der Waals surface area contributed by atoms with Crippen LogP contribution in [-0.4, -0.2) is 22.7 Å². The monoisotopic (exact) mass is 389 g/mol. The first-order chi connectivity index (χ1) is 9.02. The van der Waals surface area contributed by atoms with Gasteiger partial charge in [0.2, 0.25) is 11.6 Å². The van der Waals surface area contributed by atoms with Crippen molar-refractivity contribution in [2.24, 2.45) is 0 Å². The molecule has 19 heavy (non-hydrogen) atoms. The Morgan fingerprint density at radius 2 is 2.21 bits per heavy atom. The third kappa shape index (κ3) is 2.98. The van der Waals surface area contributed by atoms with E-state index in [0.717, 1.165) is 8.95 Å². The highest BCUT2D eigenvalue weighted by Crippen LogP contribution is 2.33. The van der Waals surface area contributed by atoms with Gasteiger partial charge in [-0.2, -0.15) is 4.98 Å². The third-order valence-corrected chi connectivity index (χ3v) is 3.38. The van der Waals surface area contributed by atoms with Crippen LogP contribution in [0.25, 0.3) is 11.5 Å².